The second-order valence-electron chi connectivity index (χ2n) is 4.14. The molecule has 102 valence electrons. The molecule has 1 atom stereocenters. The summed E-state index contributed by atoms with van der Waals surface area (Å²) in [5.74, 6) is 1.53. The molecule has 0 bridgehead atoms. The van der Waals surface area contributed by atoms with Crippen LogP contribution in [0.1, 0.15) is 22.9 Å². The number of hydrogen-bond acceptors (Lipinski definition) is 3. The highest BCUT2D eigenvalue weighted by Crippen LogP contribution is 2.23. The average Bonchev–Trinajstić information content (AvgIpc) is 2.89. The van der Waals surface area contributed by atoms with Crippen LogP contribution < -0.4 is 11.3 Å². The number of nitrogens with two attached hydrogens (primary N) is 1. The maximum Gasteiger partial charge on any atom is 0.194 e. The van der Waals surface area contributed by atoms with Crippen LogP contribution in [0.15, 0.2) is 29.6 Å². The fourth-order valence-electron chi connectivity index (χ4n) is 1.86. The van der Waals surface area contributed by atoms with Crippen LogP contribution in [0, 0.1) is 17.5 Å². The minimum absolute atomic E-state index is 0.301. The molecular weight excluding hydrogens is 273 g/mol. The summed E-state index contributed by atoms with van der Waals surface area (Å²) < 4.78 is 39.2. The molecule has 0 amide bonds. The molecule has 1 aromatic heterocycles. The van der Waals surface area contributed by atoms with Crippen molar-refractivity contribution >= 4 is 11.3 Å². The van der Waals surface area contributed by atoms with Gasteiger partial charge in [0.2, 0.25) is 0 Å². The number of halogens is 3. The summed E-state index contributed by atoms with van der Waals surface area (Å²) in [6.45, 7) is 0. The summed E-state index contributed by atoms with van der Waals surface area (Å²) in [4.78, 5) is 1.16. The molecule has 0 saturated carbocycles. The van der Waals surface area contributed by atoms with Gasteiger partial charge in [-0.3, -0.25) is 11.3 Å². The normalized spacial score (nSPS) is 12.6. The van der Waals surface area contributed by atoms with E-state index in [1.165, 1.54) is 0 Å². The summed E-state index contributed by atoms with van der Waals surface area (Å²) in [6.07, 6.45) is 1.30. The minimum atomic E-state index is -1.46. The van der Waals surface area contributed by atoms with Crippen molar-refractivity contribution in [1.82, 2.24) is 5.43 Å². The van der Waals surface area contributed by atoms with Gasteiger partial charge >= 0.3 is 0 Å². The molecule has 2 aromatic rings. The zero-order valence-electron chi connectivity index (χ0n) is 10.00. The van der Waals surface area contributed by atoms with Gasteiger partial charge in [-0.1, -0.05) is 6.07 Å². The molecule has 2 rings (SSSR count). The highest BCUT2D eigenvalue weighted by Gasteiger charge is 2.16. The number of thiophene rings is 1. The number of hydrogen-bond donors (Lipinski definition) is 2. The quantitative estimate of drug-likeness (QED) is 0.503. The summed E-state index contributed by atoms with van der Waals surface area (Å²) in [7, 11) is 0. The average molecular weight is 286 g/mol. The zero-order valence-corrected chi connectivity index (χ0v) is 10.8. The van der Waals surface area contributed by atoms with Crippen LogP contribution in [0.5, 0.6) is 0 Å². The van der Waals surface area contributed by atoms with Crippen LogP contribution in [-0.2, 0) is 6.42 Å². The Labute approximate surface area is 113 Å². The van der Waals surface area contributed by atoms with Gasteiger partial charge in [0.25, 0.3) is 0 Å². The van der Waals surface area contributed by atoms with Gasteiger partial charge in [0.05, 0.1) is 0 Å². The lowest BCUT2D eigenvalue weighted by Gasteiger charge is -2.16. The molecule has 0 fully saturated rings. The van der Waals surface area contributed by atoms with E-state index in [1.54, 1.807) is 11.3 Å². The third-order valence-electron chi connectivity index (χ3n) is 2.87. The molecule has 2 nitrogen and oxygen atoms in total. The van der Waals surface area contributed by atoms with E-state index in [-0.39, 0.29) is 0 Å². The molecule has 0 aliphatic rings. The van der Waals surface area contributed by atoms with Crippen LogP contribution in [-0.4, -0.2) is 0 Å². The Hall–Kier alpha value is -1.37. The number of aryl methyl sites for hydroxylation is 1. The predicted octanol–water partition coefficient (Wildman–Crippen LogP) is 3.30. The van der Waals surface area contributed by atoms with Crippen LogP contribution >= 0.6 is 11.3 Å². The van der Waals surface area contributed by atoms with E-state index in [4.69, 9.17) is 5.84 Å². The Bertz CT molecular complexity index is 520. The van der Waals surface area contributed by atoms with Crippen molar-refractivity contribution in [3.8, 4) is 0 Å². The molecule has 1 heterocycles. The fraction of sp³-hybridized carbons (Fsp3) is 0.231. The first-order valence-electron chi connectivity index (χ1n) is 5.74. The van der Waals surface area contributed by atoms with E-state index in [0.717, 1.165) is 23.4 Å². The number of benzene rings is 1. The highest BCUT2D eigenvalue weighted by molar-refractivity contribution is 7.09. The molecule has 0 aliphatic carbocycles. The van der Waals surface area contributed by atoms with Crippen molar-refractivity contribution in [3.63, 3.8) is 0 Å². The molecule has 1 aromatic carbocycles. The molecule has 19 heavy (non-hydrogen) atoms. The third-order valence-corrected chi connectivity index (χ3v) is 3.81. The predicted molar refractivity (Wildman–Crippen MR) is 69.0 cm³/mol. The van der Waals surface area contributed by atoms with Gasteiger partial charge in [0.15, 0.2) is 17.5 Å². The van der Waals surface area contributed by atoms with Gasteiger partial charge in [-0.2, -0.15) is 0 Å². The van der Waals surface area contributed by atoms with Crippen molar-refractivity contribution in [2.45, 2.75) is 18.9 Å². The van der Waals surface area contributed by atoms with E-state index in [2.05, 4.69) is 5.43 Å². The maximum atomic E-state index is 13.2. The first-order chi connectivity index (χ1) is 9.11. The molecule has 0 spiro atoms. The van der Waals surface area contributed by atoms with Crippen LogP contribution in [0.25, 0.3) is 0 Å². The van der Waals surface area contributed by atoms with Crippen molar-refractivity contribution in [1.29, 1.82) is 0 Å². The van der Waals surface area contributed by atoms with Gasteiger partial charge in [-0.05, 0) is 42.0 Å². The second kappa shape index (κ2) is 6.18. The lowest BCUT2D eigenvalue weighted by molar-refractivity contribution is 0.437. The topological polar surface area (TPSA) is 38.0 Å². The van der Waals surface area contributed by atoms with Crippen molar-refractivity contribution in [2.75, 3.05) is 0 Å². The molecule has 6 heteroatoms. The van der Waals surface area contributed by atoms with Gasteiger partial charge < -0.3 is 0 Å². The number of rotatable bonds is 5. The molecule has 0 aliphatic heterocycles. The standard InChI is InChI=1S/C13H13F3N2S/c14-10-6-8(7-11(15)13(10)16)12(18-17)4-3-9-2-1-5-19-9/h1-2,5-7,12,18H,3-4,17H2. The Morgan fingerprint density at radius 1 is 1.21 bits per heavy atom. The number of nitrogens with one attached hydrogen (secondary N) is 1. The zero-order chi connectivity index (χ0) is 13.8. The Balaban J connectivity index is 2.13. The number of hydrazine groups is 1. The Morgan fingerprint density at radius 3 is 2.42 bits per heavy atom. The summed E-state index contributed by atoms with van der Waals surface area (Å²) >= 11 is 1.60. The largest absolute Gasteiger partial charge is 0.271 e. The van der Waals surface area contributed by atoms with E-state index in [1.807, 2.05) is 17.5 Å². The summed E-state index contributed by atoms with van der Waals surface area (Å²) in [5.41, 5.74) is 2.80. The fourth-order valence-corrected chi connectivity index (χ4v) is 2.59. The van der Waals surface area contributed by atoms with Crippen LogP contribution in [0.4, 0.5) is 13.2 Å². The first kappa shape index (κ1) is 14.0. The van der Waals surface area contributed by atoms with Crippen LogP contribution in [0.3, 0.4) is 0 Å². The van der Waals surface area contributed by atoms with E-state index in [0.29, 0.717) is 12.0 Å². The lowest BCUT2D eigenvalue weighted by atomic mass is 10.0. The summed E-state index contributed by atoms with van der Waals surface area (Å²) in [6, 6.07) is 5.42. The maximum absolute atomic E-state index is 13.2. The third kappa shape index (κ3) is 3.34. The molecule has 0 saturated heterocycles. The van der Waals surface area contributed by atoms with E-state index < -0.39 is 23.5 Å². The van der Waals surface area contributed by atoms with Gasteiger partial charge in [0.1, 0.15) is 0 Å². The van der Waals surface area contributed by atoms with Gasteiger partial charge in [0, 0.05) is 10.9 Å². The molecule has 3 N–H and O–H groups in total. The van der Waals surface area contributed by atoms with Gasteiger partial charge in [-0.25, -0.2) is 13.2 Å². The van der Waals surface area contributed by atoms with E-state index in [9.17, 15) is 13.2 Å². The molecule has 0 radical (unpaired) electrons. The molecular formula is C13H13F3N2S. The SMILES string of the molecule is NNC(CCc1cccs1)c1cc(F)c(F)c(F)c1. The van der Waals surface area contributed by atoms with E-state index >= 15 is 0 Å². The van der Waals surface area contributed by atoms with Crippen molar-refractivity contribution in [2.24, 2.45) is 5.84 Å². The monoisotopic (exact) mass is 286 g/mol. The molecule has 1 unspecified atom stereocenters. The summed E-state index contributed by atoms with van der Waals surface area (Å²) in [5, 5.41) is 1.96. The smallest absolute Gasteiger partial charge is 0.194 e. The van der Waals surface area contributed by atoms with Crippen molar-refractivity contribution in [3.05, 3.63) is 57.5 Å². The van der Waals surface area contributed by atoms with Gasteiger partial charge in [-0.15, -0.1) is 11.3 Å². The Kier molecular flexibility index (Phi) is 4.57. The highest BCUT2D eigenvalue weighted by atomic mass is 32.1. The second-order valence-corrected chi connectivity index (χ2v) is 5.17. The minimum Gasteiger partial charge on any atom is -0.271 e. The van der Waals surface area contributed by atoms with Crippen LogP contribution in [0.2, 0.25) is 0 Å². The Morgan fingerprint density at radius 2 is 1.89 bits per heavy atom. The van der Waals surface area contributed by atoms with Crippen molar-refractivity contribution < 1.29 is 13.2 Å². The lowest BCUT2D eigenvalue weighted by Crippen LogP contribution is -2.28. The first-order valence-corrected chi connectivity index (χ1v) is 6.62.